The minimum Gasteiger partial charge on any atom is -0.514 e. The zero-order valence-electron chi connectivity index (χ0n) is 14.1. The summed E-state index contributed by atoms with van der Waals surface area (Å²) in [7, 11) is 0. The molecular formula is C18H26N2O4. The van der Waals surface area contributed by atoms with E-state index in [0.717, 1.165) is 24.7 Å². The number of benzene rings is 1. The van der Waals surface area contributed by atoms with Gasteiger partial charge in [-0.25, -0.2) is 0 Å². The van der Waals surface area contributed by atoms with Crippen LogP contribution in [0, 0.1) is 11.3 Å². The van der Waals surface area contributed by atoms with E-state index in [2.05, 4.69) is 5.32 Å². The van der Waals surface area contributed by atoms with Crippen molar-refractivity contribution in [2.75, 3.05) is 6.61 Å². The van der Waals surface area contributed by atoms with Crippen molar-refractivity contribution in [1.82, 2.24) is 5.32 Å². The predicted octanol–water partition coefficient (Wildman–Crippen LogP) is 2.00. The molecule has 24 heavy (non-hydrogen) atoms. The van der Waals surface area contributed by atoms with Gasteiger partial charge in [0, 0.05) is 12.1 Å². The summed E-state index contributed by atoms with van der Waals surface area (Å²) in [5.74, 6) is -1.50. The van der Waals surface area contributed by atoms with Gasteiger partial charge in [0.25, 0.3) is 0 Å². The molecule has 1 fully saturated rings. The lowest BCUT2D eigenvalue weighted by atomic mass is 10.1. The topological polar surface area (TPSA) is 106 Å². The molecule has 1 aromatic carbocycles. The molecule has 0 saturated carbocycles. The monoisotopic (exact) mass is 334 g/mol. The molecule has 2 rings (SSSR count). The molecule has 1 aliphatic rings. The Morgan fingerprint density at radius 3 is 2.50 bits per heavy atom. The lowest BCUT2D eigenvalue weighted by molar-refractivity contribution is -0.127. The maximum atomic E-state index is 8.94. The van der Waals surface area contributed by atoms with E-state index in [-0.39, 0.29) is 12.1 Å². The highest BCUT2D eigenvalue weighted by molar-refractivity contribution is 5.26. The molecule has 1 aliphatic heterocycles. The number of nitrogens with one attached hydrogen (secondary N) is 1. The Morgan fingerprint density at radius 2 is 1.96 bits per heavy atom. The van der Waals surface area contributed by atoms with E-state index < -0.39 is 5.79 Å². The summed E-state index contributed by atoms with van der Waals surface area (Å²) in [5.41, 5.74) is 1.55. The molecule has 132 valence electrons. The van der Waals surface area contributed by atoms with Crippen molar-refractivity contribution in [2.45, 2.75) is 51.2 Å². The van der Waals surface area contributed by atoms with Crippen LogP contribution in [0.15, 0.2) is 42.2 Å². The van der Waals surface area contributed by atoms with E-state index in [9.17, 15) is 0 Å². The Bertz CT molecular complexity index is 540. The van der Waals surface area contributed by atoms with Gasteiger partial charge < -0.3 is 25.4 Å². The molecule has 0 bridgehead atoms. The van der Waals surface area contributed by atoms with Crippen LogP contribution in [0.3, 0.4) is 0 Å². The van der Waals surface area contributed by atoms with E-state index in [1.165, 1.54) is 13.8 Å². The molecular weight excluding hydrogens is 308 g/mol. The van der Waals surface area contributed by atoms with Gasteiger partial charge in [-0.15, -0.1) is 0 Å². The summed E-state index contributed by atoms with van der Waals surface area (Å²) in [6.45, 7) is 3.82. The third kappa shape index (κ3) is 8.65. The fourth-order valence-corrected chi connectivity index (χ4v) is 2.29. The summed E-state index contributed by atoms with van der Waals surface area (Å²) in [5, 5.41) is 37.2. The van der Waals surface area contributed by atoms with Gasteiger partial charge in [-0.2, -0.15) is 5.26 Å². The van der Waals surface area contributed by atoms with E-state index in [1.807, 2.05) is 36.4 Å². The van der Waals surface area contributed by atoms with Crippen molar-refractivity contribution in [1.29, 1.82) is 5.26 Å². The van der Waals surface area contributed by atoms with E-state index in [0.29, 0.717) is 18.8 Å². The van der Waals surface area contributed by atoms with Crippen molar-refractivity contribution in [3.63, 3.8) is 0 Å². The molecule has 2 atom stereocenters. The van der Waals surface area contributed by atoms with Gasteiger partial charge in [-0.1, -0.05) is 30.3 Å². The molecule has 0 amide bonds. The Morgan fingerprint density at radius 1 is 1.33 bits per heavy atom. The van der Waals surface area contributed by atoms with Crippen LogP contribution in [-0.4, -0.2) is 39.8 Å². The van der Waals surface area contributed by atoms with Crippen LogP contribution >= 0.6 is 0 Å². The van der Waals surface area contributed by atoms with Crippen LogP contribution in [0.1, 0.15) is 32.3 Å². The second-order valence-corrected chi connectivity index (χ2v) is 6.18. The zero-order valence-corrected chi connectivity index (χ0v) is 14.1. The third-order valence-electron chi connectivity index (χ3n) is 3.31. The van der Waals surface area contributed by atoms with Crippen LogP contribution in [0.5, 0.6) is 0 Å². The summed E-state index contributed by atoms with van der Waals surface area (Å²) in [6, 6.07) is 12.3. The zero-order chi connectivity index (χ0) is 18.0. The highest BCUT2D eigenvalue weighted by Crippen LogP contribution is 2.18. The van der Waals surface area contributed by atoms with Gasteiger partial charge in [0.15, 0.2) is 5.79 Å². The molecule has 0 aliphatic carbocycles. The Kier molecular flexibility index (Phi) is 8.44. The Labute approximate surface area is 143 Å². The van der Waals surface area contributed by atoms with Crippen LogP contribution in [0.4, 0.5) is 0 Å². The fourth-order valence-electron chi connectivity index (χ4n) is 2.29. The molecule has 1 aromatic rings. The van der Waals surface area contributed by atoms with E-state index in [4.69, 9.17) is 25.3 Å². The van der Waals surface area contributed by atoms with E-state index >= 15 is 0 Å². The standard InChI is InChI=1S/C15H18N2O2.C3H8O2/c16-8-13(9-18)15-7-6-14(17-15)11-19-10-12-4-2-1-3-5-12;1-3(2,4)5/h1-5,9,14-15,17-18H,6-7,10-11H2;4-5H,1-2H3/b13-9+;. The molecule has 6 nitrogen and oxygen atoms in total. The first-order valence-electron chi connectivity index (χ1n) is 7.90. The second-order valence-electron chi connectivity index (χ2n) is 6.18. The predicted molar refractivity (Wildman–Crippen MR) is 90.9 cm³/mol. The largest absolute Gasteiger partial charge is 0.514 e. The molecule has 0 aromatic heterocycles. The van der Waals surface area contributed by atoms with Gasteiger partial charge in [0.2, 0.25) is 0 Å². The van der Waals surface area contributed by atoms with Gasteiger partial charge in [0.05, 0.1) is 31.1 Å². The lowest BCUT2D eigenvalue weighted by Crippen LogP contribution is -2.33. The van der Waals surface area contributed by atoms with Gasteiger partial charge >= 0.3 is 0 Å². The molecule has 1 heterocycles. The highest BCUT2D eigenvalue weighted by Gasteiger charge is 2.26. The average molecular weight is 334 g/mol. The van der Waals surface area contributed by atoms with E-state index in [1.54, 1.807) is 0 Å². The summed E-state index contributed by atoms with van der Waals surface area (Å²) in [6.07, 6.45) is 2.71. The van der Waals surface area contributed by atoms with Gasteiger partial charge in [-0.05, 0) is 32.3 Å². The van der Waals surface area contributed by atoms with Crippen molar-refractivity contribution in [3.8, 4) is 6.07 Å². The molecule has 0 radical (unpaired) electrons. The number of ether oxygens (including phenoxy) is 1. The average Bonchev–Trinajstić information content (AvgIpc) is 2.97. The first-order chi connectivity index (χ1) is 11.3. The number of nitriles is 1. The third-order valence-corrected chi connectivity index (χ3v) is 3.31. The number of rotatable bonds is 5. The normalized spacial score (nSPS) is 20.9. The number of hydrogen-bond acceptors (Lipinski definition) is 6. The minimum absolute atomic E-state index is 0.0414. The van der Waals surface area contributed by atoms with Crippen molar-refractivity contribution in [3.05, 3.63) is 47.7 Å². The number of hydrogen-bond donors (Lipinski definition) is 4. The van der Waals surface area contributed by atoms with Crippen LogP contribution < -0.4 is 5.32 Å². The Balaban J connectivity index is 0.000000505. The quantitative estimate of drug-likeness (QED) is 0.373. The highest BCUT2D eigenvalue weighted by atomic mass is 16.5. The van der Waals surface area contributed by atoms with Crippen molar-refractivity contribution < 1.29 is 20.1 Å². The smallest absolute Gasteiger partial charge is 0.156 e. The summed E-state index contributed by atoms with van der Waals surface area (Å²) < 4.78 is 5.67. The first kappa shape index (κ1) is 20.1. The minimum atomic E-state index is -1.50. The molecule has 0 spiro atoms. The second kappa shape index (κ2) is 10.1. The van der Waals surface area contributed by atoms with Gasteiger partial charge in [-0.3, -0.25) is 0 Å². The van der Waals surface area contributed by atoms with Crippen molar-refractivity contribution >= 4 is 0 Å². The summed E-state index contributed by atoms with van der Waals surface area (Å²) in [4.78, 5) is 0. The first-order valence-corrected chi connectivity index (χ1v) is 7.90. The van der Waals surface area contributed by atoms with Crippen molar-refractivity contribution in [2.24, 2.45) is 0 Å². The SMILES string of the molecule is CC(C)(O)O.N#C/C(=C\O)C1CCC(COCc2ccccc2)N1. The Hall–Kier alpha value is -1.91. The molecule has 1 saturated heterocycles. The number of nitrogens with zero attached hydrogens (tertiary/aromatic N) is 1. The summed E-state index contributed by atoms with van der Waals surface area (Å²) >= 11 is 0. The molecule has 6 heteroatoms. The van der Waals surface area contributed by atoms with Crippen LogP contribution in [-0.2, 0) is 11.3 Å². The maximum absolute atomic E-state index is 8.94. The molecule has 2 unspecified atom stereocenters. The fraction of sp³-hybridized carbons (Fsp3) is 0.500. The van der Waals surface area contributed by atoms with Gasteiger partial charge in [0.1, 0.15) is 0 Å². The number of aliphatic hydroxyl groups excluding tert-OH is 1. The number of aliphatic hydroxyl groups is 3. The van der Waals surface area contributed by atoms with Crippen LogP contribution in [0.2, 0.25) is 0 Å². The van der Waals surface area contributed by atoms with Crippen LogP contribution in [0.25, 0.3) is 0 Å². The molecule has 4 N–H and O–H groups in total. The lowest BCUT2D eigenvalue weighted by Gasteiger charge is -2.13. The maximum Gasteiger partial charge on any atom is 0.156 e.